The number of nitrogens with two attached hydrogens (primary N) is 1. The molecule has 0 spiro atoms. The summed E-state index contributed by atoms with van der Waals surface area (Å²) in [5, 5.41) is 2.97. The van der Waals surface area contributed by atoms with Crippen molar-refractivity contribution in [1.82, 2.24) is 5.32 Å². The molecule has 0 radical (unpaired) electrons. The van der Waals surface area contributed by atoms with E-state index in [4.69, 9.17) is 10.5 Å². The van der Waals surface area contributed by atoms with E-state index in [2.05, 4.69) is 5.32 Å². The molecule has 0 aliphatic rings. The normalized spacial score (nSPS) is 15.4. The van der Waals surface area contributed by atoms with Crippen LogP contribution in [0.25, 0.3) is 0 Å². The summed E-state index contributed by atoms with van der Waals surface area (Å²) in [5.41, 5.74) is 6.98. The van der Waals surface area contributed by atoms with Gasteiger partial charge in [-0.15, -0.1) is 0 Å². The Morgan fingerprint density at radius 2 is 1.76 bits per heavy atom. The molecule has 0 heterocycles. The quantitative estimate of drug-likeness (QED) is 0.812. The van der Waals surface area contributed by atoms with Crippen molar-refractivity contribution >= 4 is 5.91 Å². The molecule has 0 aromatic heterocycles. The van der Waals surface area contributed by atoms with Crippen LogP contribution in [0.15, 0.2) is 24.3 Å². The van der Waals surface area contributed by atoms with Gasteiger partial charge in [-0.05, 0) is 44.4 Å². The van der Waals surface area contributed by atoms with Crippen molar-refractivity contribution in [1.29, 1.82) is 0 Å². The first-order valence-electron chi connectivity index (χ1n) is 7.67. The number of hydrogen-bond donors (Lipinski definition) is 2. The lowest BCUT2D eigenvalue weighted by Crippen LogP contribution is -2.45. The maximum absolute atomic E-state index is 12.1. The fourth-order valence-electron chi connectivity index (χ4n) is 2.01. The predicted molar refractivity (Wildman–Crippen MR) is 86.2 cm³/mol. The summed E-state index contributed by atoms with van der Waals surface area (Å²) in [6.07, 6.45) is 1.05. The Morgan fingerprint density at radius 1 is 1.19 bits per heavy atom. The van der Waals surface area contributed by atoms with Crippen molar-refractivity contribution in [2.24, 2.45) is 11.7 Å². The third-order valence-electron chi connectivity index (χ3n) is 3.67. The Hall–Kier alpha value is -1.55. The van der Waals surface area contributed by atoms with Crippen LogP contribution in [0.4, 0.5) is 0 Å². The fraction of sp³-hybridized carbons (Fsp3) is 0.588. The first-order chi connectivity index (χ1) is 9.85. The van der Waals surface area contributed by atoms with Crippen LogP contribution in [0.3, 0.4) is 0 Å². The molecular formula is C17H28N2O2. The van der Waals surface area contributed by atoms with Crippen LogP contribution >= 0.6 is 0 Å². The van der Waals surface area contributed by atoms with Crippen LogP contribution in [0, 0.1) is 5.92 Å². The highest BCUT2D eigenvalue weighted by Gasteiger charge is 2.21. The summed E-state index contributed by atoms with van der Waals surface area (Å²) in [5.74, 6) is 0.918. The van der Waals surface area contributed by atoms with E-state index < -0.39 is 6.04 Å². The monoisotopic (exact) mass is 292 g/mol. The summed E-state index contributed by atoms with van der Waals surface area (Å²) in [7, 11) is 0. The third kappa shape index (κ3) is 5.38. The summed E-state index contributed by atoms with van der Waals surface area (Å²) in [4.78, 5) is 12.1. The molecule has 0 aliphatic carbocycles. The number of hydrogen-bond acceptors (Lipinski definition) is 3. The Bertz CT molecular complexity index is 443. The molecule has 1 amide bonds. The average molecular weight is 292 g/mol. The highest BCUT2D eigenvalue weighted by atomic mass is 16.5. The van der Waals surface area contributed by atoms with Gasteiger partial charge in [-0.3, -0.25) is 4.79 Å². The maximum atomic E-state index is 12.1. The number of benzene rings is 1. The van der Waals surface area contributed by atoms with E-state index in [1.54, 1.807) is 0 Å². The van der Waals surface area contributed by atoms with Crippen LogP contribution in [0.2, 0.25) is 0 Å². The van der Waals surface area contributed by atoms with Crippen LogP contribution < -0.4 is 15.8 Å². The van der Waals surface area contributed by atoms with Crippen molar-refractivity contribution in [3.05, 3.63) is 29.8 Å². The topological polar surface area (TPSA) is 64.4 Å². The van der Waals surface area contributed by atoms with E-state index in [-0.39, 0.29) is 24.0 Å². The largest absolute Gasteiger partial charge is 0.491 e. The van der Waals surface area contributed by atoms with E-state index in [0.29, 0.717) is 0 Å². The highest BCUT2D eigenvalue weighted by molar-refractivity contribution is 5.82. The summed E-state index contributed by atoms with van der Waals surface area (Å²) < 4.78 is 5.61. The van der Waals surface area contributed by atoms with Crippen LogP contribution in [0.5, 0.6) is 5.75 Å². The Morgan fingerprint density at radius 3 is 2.24 bits per heavy atom. The number of nitrogens with one attached hydrogen (secondary N) is 1. The Kier molecular flexibility index (Phi) is 6.69. The minimum Gasteiger partial charge on any atom is -0.491 e. The van der Waals surface area contributed by atoms with Gasteiger partial charge in [-0.1, -0.05) is 32.4 Å². The van der Waals surface area contributed by atoms with Crippen molar-refractivity contribution in [2.75, 3.05) is 0 Å². The third-order valence-corrected chi connectivity index (χ3v) is 3.67. The van der Waals surface area contributed by atoms with Gasteiger partial charge >= 0.3 is 0 Å². The number of carbonyl (C=O) groups excluding carboxylic acids is 1. The molecule has 4 heteroatoms. The zero-order valence-corrected chi connectivity index (χ0v) is 13.7. The highest BCUT2D eigenvalue weighted by Crippen LogP contribution is 2.19. The molecule has 0 fully saturated rings. The lowest BCUT2D eigenvalue weighted by molar-refractivity contribution is -0.124. The molecule has 21 heavy (non-hydrogen) atoms. The van der Waals surface area contributed by atoms with Crippen molar-refractivity contribution in [3.63, 3.8) is 0 Å². The number of carbonyl (C=O) groups is 1. The van der Waals surface area contributed by atoms with E-state index in [1.165, 1.54) is 0 Å². The lowest BCUT2D eigenvalue weighted by atomic mass is 9.98. The summed E-state index contributed by atoms with van der Waals surface area (Å²) in [6.45, 7) is 9.97. The lowest BCUT2D eigenvalue weighted by Gasteiger charge is -2.21. The second kappa shape index (κ2) is 8.03. The average Bonchev–Trinajstić information content (AvgIpc) is 2.45. The van der Waals surface area contributed by atoms with Crippen molar-refractivity contribution < 1.29 is 9.53 Å². The zero-order chi connectivity index (χ0) is 16.0. The standard InChI is InChI=1S/C17H28N2O2/c1-6-12(4)16(18)17(20)19-13(5)14-7-9-15(10-8-14)21-11(2)3/h7-13,16H,6,18H2,1-5H3,(H,19,20). The molecule has 3 N–H and O–H groups in total. The first-order valence-corrected chi connectivity index (χ1v) is 7.67. The minimum atomic E-state index is -0.457. The van der Waals surface area contributed by atoms with Crippen molar-refractivity contribution in [2.45, 2.75) is 59.2 Å². The molecule has 0 bridgehead atoms. The summed E-state index contributed by atoms with van der Waals surface area (Å²) in [6, 6.07) is 7.26. The Labute approximate surface area is 128 Å². The molecular weight excluding hydrogens is 264 g/mol. The minimum absolute atomic E-state index is 0.0688. The molecule has 4 nitrogen and oxygen atoms in total. The molecule has 1 aromatic carbocycles. The van der Waals surface area contributed by atoms with E-state index in [1.807, 2.05) is 58.9 Å². The molecule has 3 unspecified atom stereocenters. The molecule has 0 aliphatic heterocycles. The van der Waals surface area contributed by atoms with Gasteiger partial charge in [-0.2, -0.15) is 0 Å². The van der Waals surface area contributed by atoms with E-state index >= 15 is 0 Å². The smallest absolute Gasteiger partial charge is 0.237 e. The summed E-state index contributed by atoms with van der Waals surface area (Å²) >= 11 is 0. The van der Waals surface area contributed by atoms with Gasteiger partial charge < -0.3 is 15.8 Å². The first kappa shape index (κ1) is 17.5. The van der Waals surface area contributed by atoms with Gasteiger partial charge in [0.05, 0.1) is 18.2 Å². The zero-order valence-electron chi connectivity index (χ0n) is 13.7. The molecule has 118 valence electrons. The SMILES string of the molecule is CCC(C)C(N)C(=O)NC(C)c1ccc(OC(C)C)cc1. The predicted octanol–water partition coefficient (Wildman–Crippen LogP) is 3.02. The fourth-order valence-corrected chi connectivity index (χ4v) is 2.01. The number of rotatable bonds is 7. The molecule has 0 saturated heterocycles. The number of amides is 1. The van der Waals surface area contributed by atoms with E-state index in [0.717, 1.165) is 17.7 Å². The molecule has 1 rings (SSSR count). The van der Waals surface area contributed by atoms with Crippen LogP contribution in [-0.2, 0) is 4.79 Å². The van der Waals surface area contributed by atoms with Gasteiger partial charge in [0.25, 0.3) is 0 Å². The second-order valence-electron chi connectivity index (χ2n) is 5.88. The van der Waals surface area contributed by atoms with Gasteiger partial charge in [0, 0.05) is 0 Å². The molecule has 3 atom stereocenters. The van der Waals surface area contributed by atoms with Gasteiger partial charge in [0.2, 0.25) is 5.91 Å². The molecule has 1 aromatic rings. The number of ether oxygens (including phenoxy) is 1. The van der Waals surface area contributed by atoms with Gasteiger partial charge in [-0.25, -0.2) is 0 Å². The Balaban J connectivity index is 2.63. The van der Waals surface area contributed by atoms with E-state index in [9.17, 15) is 4.79 Å². The molecule has 0 saturated carbocycles. The second-order valence-corrected chi connectivity index (χ2v) is 5.88. The van der Waals surface area contributed by atoms with Crippen LogP contribution in [0.1, 0.15) is 52.6 Å². The van der Waals surface area contributed by atoms with Gasteiger partial charge in [0.1, 0.15) is 5.75 Å². The maximum Gasteiger partial charge on any atom is 0.237 e. The van der Waals surface area contributed by atoms with Crippen molar-refractivity contribution in [3.8, 4) is 5.75 Å². The van der Waals surface area contributed by atoms with Gasteiger partial charge in [0.15, 0.2) is 0 Å². The van der Waals surface area contributed by atoms with Crippen LogP contribution in [-0.4, -0.2) is 18.1 Å².